The molecule has 0 saturated carbocycles. The molecule has 2 nitrogen and oxygen atoms in total. The van der Waals surface area contributed by atoms with Crippen LogP contribution < -0.4 is 4.90 Å². The Morgan fingerprint density at radius 1 is 1.47 bits per heavy atom. The van der Waals surface area contributed by atoms with Crippen LogP contribution in [0.4, 0.5) is 5.82 Å². The Balaban J connectivity index is 2.22. The minimum absolute atomic E-state index is 0.417. The van der Waals surface area contributed by atoms with Crippen LogP contribution in [-0.2, 0) is 5.33 Å². The van der Waals surface area contributed by atoms with Crippen LogP contribution in [0.1, 0.15) is 37.8 Å². The van der Waals surface area contributed by atoms with Gasteiger partial charge in [0.15, 0.2) is 0 Å². The Hall–Kier alpha value is -0.570. The lowest BCUT2D eigenvalue weighted by Crippen LogP contribution is -2.40. The van der Waals surface area contributed by atoms with Crippen LogP contribution in [0.2, 0.25) is 0 Å². The number of pyridine rings is 1. The summed E-state index contributed by atoms with van der Waals surface area (Å²) in [7, 11) is 0. The number of aromatic nitrogens is 1. The Labute approximate surface area is 113 Å². The predicted molar refractivity (Wildman–Crippen MR) is 76.8 cm³/mol. The van der Waals surface area contributed by atoms with Crippen molar-refractivity contribution in [3.8, 4) is 0 Å². The number of anilines is 1. The molecule has 17 heavy (non-hydrogen) atoms. The summed E-state index contributed by atoms with van der Waals surface area (Å²) < 4.78 is 0. The third-order valence-electron chi connectivity index (χ3n) is 3.46. The van der Waals surface area contributed by atoms with E-state index in [1.807, 2.05) is 6.20 Å². The summed E-state index contributed by atoms with van der Waals surface area (Å²) in [6.45, 7) is 9.12. The van der Waals surface area contributed by atoms with Crippen LogP contribution in [0, 0.1) is 12.3 Å². The van der Waals surface area contributed by atoms with E-state index in [1.54, 1.807) is 0 Å². The van der Waals surface area contributed by atoms with Gasteiger partial charge < -0.3 is 4.90 Å². The fourth-order valence-corrected chi connectivity index (χ4v) is 2.94. The number of halogens is 1. The summed E-state index contributed by atoms with van der Waals surface area (Å²) in [5, 5.41) is 0.882. The van der Waals surface area contributed by atoms with Crippen molar-refractivity contribution in [3.05, 3.63) is 23.4 Å². The van der Waals surface area contributed by atoms with Crippen molar-refractivity contribution in [3.63, 3.8) is 0 Å². The Bertz CT molecular complexity index is 401. The van der Waals surface area contributed by atoms with Gasteiger partial charge in [-0.1, -0.05) is 35.8 Å². The molecule has 0 spiro atoms. The summed E-state index contributed by atoms with van der Waals surface area (Å²) in [5.74, 6) is 1.17. The number of hydrogen-bond donors (Lipinski definition) is 0. The van der Waals surface area contributed by atoms with Gasteiger partial charge in [0.25, 0.3) is 0 Å². The van der Waals surface area contributed by atoms with Crippen molar-refractivity contribution in [2.45, 2.75) is 38.9 Å². The van der Waals surface area contributed by atoms with Crippen molar-refractivity contribution >= 4 is 21.7 Å². The summed E-state index contributed by atoms with van der Waals surface area (Å²) >= 11 is 3.48. The molecule has 0 aromatic carbocycles. The van der Waals surface area contributed by atoms with Crippen molar-refractivity contribution in [1.82, 2.24) is 4.98 Å². The molecular formula is C14H21BrN2. The Morgan fingerprint density at radius 3 is 2.82 bits per heavy atom. The summed E-state index contributed by atoms with van der Waals surface area (Å²) in [4.78, 5) is 7.08. The number of nitrogens with zero attached hydrogens (tertiary/aromatic N) is 2. The number of rotatable bonds is 2. The monoisotopic (exact) mass is 296 g/mol. The van der Waals surface area contributed by atoms with Crippen molar-refractivity contribution in [2.75, 3.05) is 18.0 Å². The highest BCUT2D eigenvalue weighted by Gasteiger charge is 2.27. The van der Waals surface area contributed by atoms with Crippen LogP contribution in [0.5, 0.6) is 0 Å². The van der Waals surface area contributed by atoms with E-state index in [4.69, 9.17) is 0 Å². The molecule has 2 heterocycles. The van der Waals surface area contributed by atoms with Crippen LogP contribution in [0.25, 0.3) is 0 Å². The molecule has 1 fully saturated rings. The smallest absolute Gasteiger partial charge is 0.131 e. The van der Waals surface area contributed by atoms with E-state index in [1.165, 1.54) is 29.8 Å². The highest BCUT2D eigenvalue weighted by Crippen LogP contribution is 2.32. The highest BCUT2D eigenvalue weighted by atomic mass is 79.9. The molecule has 1 aliphatic rings. The second-order valence-electron chi connectivity index (χ2n) is 5.81. The topological polar surface area (TPSA) is 16.1 Å². The molecule has 1 saturated heterocycles. The van der Waals surface area contributed by atoms with Crippen LogP contribution in [0.15, 0.2) is 12.3 Å². The van der Waals surface area contributed by atoms with Gasteiger partial charge >= 0.3 is 0 Å². The van der Waals surface area contributed by atoms with Gasteiger partial charge in [-0.25, -0.2) is 4.98 Å². The van der Waals surface area contributed by atoms with Crippen molar-refractivity contribution < 1.29 is 0 Å². The molecule has 2 rings (SSSR count). The molecule has 0 atom stereocenters. The average Bonchev–Trinajstić information content (AvgIpc) is 2.27. The molecule has 0 unspecified atom stereocenters. The second-order valence-corrected chi connectivity index (χ2v) is 6.37. The predicted octanol–water partition coefficient (Wildman–Crippen LogP) is 3.91. The number of piperidine rings is 1. The molecule has 1 aliphatic heterocycles. The molecule has 1 aromatic heterocycles. The average molecular weight is 297 g/mol. The van der Waals surface area contributed by atoms with Gasteiger partial charge in [0, 0.05) is 24.6 Å². The van der Waals surface area contributed by atoms with Gasteiger partial charge in [0.05, 0.1) is 0 Å². The lowest BCUT2D eigenvalue weighted by molar-refractivity contribution is 0.292. The summed E-state index contributed by atoms with van der Waals surface area (Å²) in [6, 6.07) is 2.23. The summed E-state index contributed by atoms with van der Waals surface area (Å²) in [5.41, 5.74) is 2.96. The van der Waals surface area contributed by atoms with Gasteiger partial charge in [0.1, 0.15) is 5.82 Å². The maximum absolute atomic E-state index is 4.63. The normalized spacial score (nSPS) is 19.4. The first kappa shape index (κ1) is 12.9. The molecule has 0 amide bonds. The number of hydrogen-bond acceptors (Lipinski definition) is 2. The third-order valence-corrected chi connectivity index (χ3v) is 4.11. The molecule has 1 aromatic rings. The molecule has 0 N–H and O–H groups in total. The minimum atomic E-state index is 0.417. The largest absolute Gasteiger partial charge is 0.356 e. The van der Waals surface area contributed by atoms with E-state index in [-0.39, 0.29) is 0 Å². The van der Waals surface area contributed by atoms with Crippen LogP contribution in [-0.4, -0.2) is 18.1 Å². The van der Waals surface area contributed by atoms with Crippen LogP contribution >= 0.6 is 15.9 Å². The van der Waals surface area contributed by atoms with E-state index < -0.39 is 0 Å². The van der Waals surface area contributed by atoms with Gasteiger partial charge in [-0.15, -0.1) is 0 Å². The van der Waals surface area contributed by atoms with Gasteiger partial charge in [-0.3, -0.25) is 0 Å². The third kappa shape index (κ3) is 3.01. The number of alkyl halides is 1. The second kappa shape index (κ2) is 4.97. The van der Waals surface area contributed by atoms with E-state index >= 15 is 0 Å². The maximum Gasteiger partial charge on any atom is 0.131 e. The zero-order valence-electron chi connectivity index (χ0n) is 11.0. The quantitative estimate of drug-likeness (QED) is 0.769. The highest BCUT2D eigenvalue weighted by molar-refractivity contribution is 9.08. The van der Waals surface area contributed by atoms with Crippen LogP contribution in [0.3, 0.4) is 0 Å². The molecule has 0 radical (unpaired) electrons. The van der Waals surface area contributed by atoms with Crippen molar-refractivity contribution in [2.24, 2.45) is 5.41 Å². The summed E-state index contributed by atoms with van der Waals surface area (Å²) in [6.07, 6.45) is 4.58. The first-order valence-corrected chi connectivity index (χ1v) is 7.40. The van der Waals surface area contributed by atoms with Gasteiger partial charge in [-0.05, 0) is 36.3 Å². The van der Waals surface area contributed by atoms with E-state index in [0.29, 0.717) is 5.41 Å². The van der Waals surface area contributed by atoms with E-state index in [2.05, 4.69) is 52.7 Å². The zero-order chi connectivity index (χ0) is 12.5. The SMILES string of the molecule is Cc1cc(CBr)cnc1N1CCCC(C)(C)C1. The molecular weight excluding hydrogens is 276 g/mol. The Morgan fingerprint density at radius 2 is 2.24 bits per heavy atom. The fourth-order valence-electron chi connectivity index (χ4n) is 2.63. The van der Waals surface area contributed by atoms with Crippen molar-refractivity contribution in [1.29, 1.82) is 0 Å². The zero-order valence-corrected chi connectivity index (χ0v) is 12.5. The lowest BCUT2D eigenvalue weighted by Gasteiger charge is -2.39. The fraction of sp³-hybridized carbons (Fsp3) is 0.643. The lowest BCUT2D eigenvalue weighted by atomic mass is 9.84. The first-order chi connectivity index (χ1) is 8.02. The molecule has 94 valence electrons. The molecule has 3 heteroatoms. The standard InChI is InChI=1S/C14H21BrN2/c1-11-7-12(8-15)9-16-13(11)17-6-4-5-14(2,3)10-17/h7,9H,4-6,8,10H2,1-3H3. The van der Waals surface area contributed by atoms with Gasteiger partial charge in [-0.2, -0.15) is 0 Å². The maximum atomic E-state index is 4.63. The molecule has 0 aliphatic carbocycles. The molecule has 0 bridgehead atoms. The van der Waals surface area contributed by atoms with E-state index in [0.717, 1.165) is 18.4 Å². The minimum Gasteiger partial charge on any atom is -0.356 e. The Kier molecular flexibility index (Phi) is 3.76. The first-order valence-electron chi connectivity index (χ1n) is 6.28. The van der Waals surface area contributed by atoms with Gasteiger partial charge in [0.2, 0.25) is 0 Å². The number of aryl methyl sites for hydroxylation is 1. The van der Waals surface area contributed by atoms with E-state index in [9.17, 15) is 0 Å².